The molecule has 0 aromatic carbocycles. The Morgan fingerprint density at radius 1 is 1.29 bits per heavy atom. The van der Waals surface area contributed by atoms with Gasteiger partial charge in [-0.3, -0.25) is 0 Å². The molecule has 0 saturated heterocycles. The zero-order valence-electron chi connectivity index (χ0n) is 12.8. The number of aliphatic hydroxyl groups is 1. The lowest BCUT2D eigenvalue weighted by Gasteiger charge is -2.23. The Hall–Kier alpha value is -1.85. The molecule has 2 aromatic heterocycles. The third-order valence-electron chi connectivity index (χ3n) is 2.91. The molecule has 2 aromatic rings. The van der Waals surface area contributed by atoms with E-state index in [4.69, 9.17) is 4.74 Å². The van der Waals surface area contributed by atoms with Crippen LogP contribution in [0.2, 0.25) is 0 Å². The van der Waals surface area contributed by atoms with Crippen LogP contribution in [0, 0.1) is 0 Å². The maximum atomic E-state index is 9.97. The fraction of sp³-hybridized carbons (Fsp3) is 0.438. The van der Waals surface area contributed by atoms with E-state index in [0.717, 1.165) is 5.69 Å². The third kappa shape index (κ3) is 4.88. The maximum Gasteiger partial charge on any atom is 0.238 e. The monoisotopic (exact) mass is 289 g/mol. The Kier molecular flexibility index (Phi) is 4.98. The van der Waals surface area contributed by atoms with Gasteiger partial charge in [0.1, 0.15) is 18.4 Å². The molecule has 0 fully saturated rings. The lowest BCUT2D eigenvalue weighted by Crippen LogP contribution is -2.42. The fourth-order valence-electron chi connectivity index (χ4n) is 1.84. The molecule has 21 heavy (non-hydrogen) atoms. The van der Waals surface area contributed by atoms with E-state index in [2.05, 4.69) is 31.1 Å². The highest BCUT2D eigenvalue weighted by atomic mass is 16.5. The first-order chi connectivity index (χ1) is 9.96. The number of nitrogens with zero attached hydrogens (tertiary/aromatic N) is 2. The molecule has 0 aliphatic heterocycles. The molecular formula is C16H23N3O2. The molecule has 0 saturated carbocycles. The van der Waals surface area contributed by atoms with Crippen LogP contribution in [0.4, 0.5) is 0 Å². The van der Waals surface area contributed by atoms with Gasteiger partial charge in [0, 0.05) is 30.7 Å². The summed E-state index contributed by atoms with van der Waals surface area (Å²) in [5, 5.41) is 13.2. The van der Waals surface area contributed by atoms with E-state index in [1.54, 1.807) is 6.20 Å². The lowest BCUT2D eigenvalue weighted by molar-refractivity contribution is 0.0977. The minimum Gasteiger partial charge on any atom is -0.473 e. The van der Waals surface area contributed by atoms with E-state index < -0.39 is 6.10 Å². The predicted octanol–water partition coefficient (Wildman–Crippen LogP) is 2.00. The number of aromatic nitrogens is 2. The number of nitrogens with one attached hydrogen (secondary N) is 1. The van der Waals surface area contributed by atoms with Crippen LogP contribution in [0.5, 0.6) is 5.88 Å². The standard InChI is InChI=1S/C16H23N3O2/c1-16(2,3)18-11-13(20)12-21-15-14(7-6-8-17-15)19-9-4-5-10-19/h4-10,13,18,20H,11-12H2,1-3H3/t13-/m0/s1. The van der Waals surface area contributed by atoms with Crippen LogP contribution in [0.1, 0.15) is 20.8 Å². The van der Waals surface area contributed by atoms with Crippen molar-refractivity contribution in [3.8, 4) is 11.6 Å². The number of aliphatic hydroxyl groups excluding tert-OH is 1. The summed E-state index contributed by atoms with van der Waals surface area (Å²) in [6.07, 6.45) is 4.97. The molecule has 0 radical (unpaired) electrons. The molecule has 1 atom stereocenters. The highest BCUT2D eigenvalue weighted by Gasteiger charge is 2.14. The van der Waals surface area contributed by atoms with Crippen LogP contribution in [0.15, 0.2) is 42.9 Å². The topological polar surface area (TPSA) is 59.3 Å². The third-order valence-corrected chi connectivity index (χ3v) is 2.91. The van der Waals surface area contributed by atoms with Crippen LogP contribution in [0.25, 0.3) is 5.69 Å². The Balaban J connectivity index is 1.95. The van der Waals surface area contributed by atoms with Gasteiger partial charge in [-0.2, -0.15) is 0 Å². The van der Waals surface area contributed by atoms with E-state index >= 15 is 0 Å². The van der Waals surface area contributed by atoms with Crippen molar-refractivity contribution in [3.63, 3.8) is 0 Å². The van der Waals surface area contributed by atoms with Gasteiger partial charge in [-0.25, -0.2) is 4.98 Å². The molecule has 2 N–H and O–H groups in total. The quantitative estimate of drug-likeness (QED) is 0.854. The summed E-state index contributed by atoms with van der Waals surface area (Å²) in [6.45, 7) is 6.86. The zero-order valence-corrected chi connectivity index (χ0v) is 12.8. The molecule has 0 unspecified atom stereocenters. The molecule has 5 heteroatoms. The number of rotatable bonds is 6. The van der Waals surface area contributed by atoms with E-state index in [9.17, 15) is 5.11 Å². The first-order valence-electron chi connectivity index (χ1n) is 7.10. The SMILES string of the molecule is CC(C)(C)NC[C@H](O)COc1ncccc1-n1cccc1. The van der Waals surface area contributed by atoms with Crippen molar-refractivity contribution in [1.29, 1.82) is 0 Å². The molecule has 5 nitrogen and oxygen atoms in total. The van der Waals surface area contributed by atoms with Gasteiger partial charge in [-0.15, -0.1) is 0 Å². The summed E-state index contributed by atoms with van der Waals surface area (Å²) in [5.74, 6) is 0.517. The number of pyridine rings is 1. The van der Waals surface area contributed by atoms with Gasteiger partial charge in [0.2, 0.25) is 5.88 Å². The van der Waals surface area contributed by atoms with Crippen molar-refractivity contribution >= 4 is 0 Å². The van der Waals surface area contributed by atoms with E-state index in [1.165, 1.54) is 0 Å². The van der Waals surface area contributed by atoms with E-state index in [-0.39, 0.29) is 12.1 Å². The van der Waals surface area contributed by atoms with Gasteiger partial charge in [0.15, 0.2) is 0 Å². The minimum atomic E-state index is -0.580. The highest BCUT2D eigenvalue weighted by molar-refractivity contribution is 5.41. The molecule has 2 heterocycles. The second-order valence-electron chi connectivity index (χ2n) is 6.01. The van der Waals surface area contributed by atoms with Crippen molar-refractivity contribution in [2.75, 3.05) is 13.2 Å². The van der Waals surface area contributed by atoms with Gasteiger partial charge in [-0.1, -0.05) is 0 Å². The molecule has 0 spiro atoms. The van der Waals surface area contributed by atoms with Gasteiger partial charge in [-0.05, 0) is 45.0 Å². The number of β-amino-alcohol motifs (C(OH)–C–C–N with tert-alkyl or cyclic N) is 1. The van der Waals surface area contributed by atoms with Crippen molar-refractivity contribution in [2.45, 2.75) is 32.4 Å². The van der Waals surface area contributed by atoms with Crippen LogP contribution in [-0.2, 0) is 0 Å². The number of hydrogen-bond acceptors (Lipinski definition) is 4. The van der Waals surface area contributed by atoms with Gasteiger partial charge in [0.05, 0.1) is 0 Å². The Morgan fingerprint density at radius 3 is 2.67 bits per heavy atom. The van der Waals surface area contributed by atoms with Gasteiger partial charge >= 0.3 is 0 Å². The minimum absolute atomic E-state index is 0.0255. The zero-order chi connectivity index (χ0) is 15.3. The normalized spacial score (nSPS) is 13.1. The first-order valence-corrected chi connectivity index (χ1v) is 7.10. The molecule has 0 aliphatic carbocycles. The number of hydrogen-bond donors (Lipinski definition) is 2. The smallest absolute Gasteiger partial charge is 0.238 e. The van der Waals surface area contributed by atoms with Crippen molar-refractivity contribution in [2.24, 2.45) is 0 Å². The summed E-state index contributed by atoms with van der Waals surface area (Å²) in [4.78, 5) is 4.24. The average molecular weight is 289 g/mol. The first kappa shape index (κ1) is 15.5. The van der Waals surface area contributed by atoms with Crippen molar-refractivity contribution in [3.05, 3.63) is 42.9 Å². The van der Waals surface area contributed by atoms with Crippen molar-refractivity contribution in [1.82, 2.24) is 14.9 Å². The molecule has 2 rings (SSSR count). The van der Waals surface area contributed by atoms with E-state index in [0.29, 0.717) is 12.4 Å². The highest BCUT2D eigenvalue weighted by Crippen LogP contribution is 2.19. The van der Waals surface area contributed by atoms with Gasteiger partial charge in [0.25, 0.3) is 0 Å². The van der Waals surface area contributed by atoms with Crippen LogP contribution in [0.3, 0.4) is 0 Å². The molecule has 0 amide bonds. The predicted molar refractivity (Wildman–Crippen MR) is 82.8 cm³/mol. The van der Waals surface area contributed by atoms with Crippen LogP contribution < -0.4 is 10.1 Å². The van der Waals surface area contributed by atoms with E-state index in [1.807, 2.05) is 41.2 Å². The summed E-state index contributed by atoms with van der Waals surface area (Å²) in [7, 11) is 0. The second-order valence-corrected chi connectivity index (χ2v) is 6.01. The number of ether oxygens (including phenoxy) is 1. The summed E-state index contributed by atoms with van der Waals surface area (Å²) in [6, 6.07) is 7.68. The Labute approximate surface area is 125 Å². The lowest BCUT2D eigenvalue weighted by atomic mass is 10.1. The summed E-state index contributed by atoms with van der Waals surface area (Å²) in [5.41, 5.74) is 0.834. The van der Waals surface area contributed by atoms with Crippen LogP contribution >= 0.6 is 0 Å². The Bertz CT molecular complexity index is 547. The largest absolute Gasteiger partial charge is 0.473 e. The molecule has 0 bridgehead atoms. The second kappa shape index (κ2) is 6.74. The molecular weight excluding hydrogens is 266 g/mol. The summed E-state index contributed by atoms with van der Waals surface area (Å²) >= 11 is 0. The van der Waals surface area contributed by atoms with Gasteiger partial charge < -0.3 is 19.7 Å². The molecule has 0 aliphatic rings. The molecule has 114 valence electrons. The average Bonchev–Trinajstić information content (AvgIpc) is 2.96. The van der Waals surface area contributed by atoms with Crippen molar-refractivity contribution < 1.29 is 9.84 Å². The Morgan fingerprint density at radius 2 is 2.00 bits per heavy atom. The summed E-state index contributed by atoms with van der Waals surface area (Å²) < 4.78 is 7.60. The van der Waals surface area contributed by atoms with Crippen LogP contribution in [-0.4, -0.2) is 39.5 Å². The maximum absolute atomic E-state index is 9.97. The fourth-order valence-corrected chi connectivity index (χ4v) is 1.84.